The Morgan fingerprint density at radius 2 is 1.63 bits per heavy atom. The summed E-state index contributed by atoms with van der Waals surface area (Å²) in [5.74, 6) is -0.304. The zero-order valence-corrected chi connectivity index (χ0v) is 10.2. The number of aliphatic hydroxyl groups is 1. The van der Waals surface area contributed by atoms with Crippen LogP contribution in [0.4, 0.5) is 0 Å². The first-order chi connectivity index (χ1) is 9.27. The van der Waals surface area contributed by atoms with E-state index in [0.29, 0.717) is 5.56 Å². The van der Waals surface area contributed by atoms with Gasteiger partial charge in [-0.1, -0.05) is 48.5 Å². The molecule has 2 aromatic carbocycles. The van der Waals surface area contributed by atoms with Gasteiger partial charge in [0.2, 0.25) is 5.78 Å². The minimum absolute atomic E-state index is 0.304. The maximum absolute atomic E-state index is 12.2. The number of nitrogens with zero attached hydrogens (tertiary/aromatic N) is 1. The first-order valence-corrected chi connectivity index (χ1v) is 6.10. The number of para-hydroxylation sites is 1. The van der Waals surface area contributed by atoms with Gasteiger partial charge >= 0.3 is 0 Å². The fourth-order valence-corrected chi connectivity index (χ4v) is 2.20. The smallest absolute Gasteiger partial charge is 0.212 e. The van der Waals surface area contributed by atoms with Crippen LogP contribution in [-0.2, 0) is 0 Å². The lowest BCUT2D eigenvalue weighted by atomic mass is 10.1. The Kier molecular flexibility index (Phi) is 2.89. The van der Waals surface area contributed by atoms with Crippen LogP contribution in [0.2, 0.25) is 0 Å². The highest BCUT2D eigenvalue weighted by molar-refractivity contribution is 5.99. The number of fused-ring (bicyclic) bond motifs is 1. The van der Waals surface area contributed by atoms with Crippen LogP contribution in [0, 0.1) is 0 Å². The Balaban J connectivity index is 2.00. The minimum Gasteiger partial charge on any atom is -0.366 e. The molecule has 0 radical (unpaired) electrons. The van der Waals surface area contributed by atoms with Gasteiger partial charge in [0.05, 0.1) is 5.52 Å². The molecule has 0 saturated heterocycles. The lowest BCUT2D eigenvalue weighted by molar-refractivity contribution is 0.0588. The number of hydrogen-bond acceptors (Lipinski definition) is 2. The molecule has 3 aromatic rings. The largest absolute Gasteiger partial charge is 0.366 e. The predicted molar refractivity (Wildman–Crippen MR) is 74.0 cm³/mol. The zero-order valence-electron chi connectivity index (χ0n) is 10.2. The van der Waals surface area contributed by atoms with Gasteiger partial charge in [0, 0.05) is 11.8 Å². The van der Waals surface area contributed by atoms with Gasteiger partial charge in [-0.05, 0) is 17.5 Å². The van der Waals surface area contributed by atoms with Gasteiger partial charge in [-0.15, -0.1) is 0 Å². The lowest BCUT2D eigenvalue weighted by Gasteiger charge is -2.13. The summed E-state index contributed by atoms with van der Waals surface area (Å²) in [5.41, 5.74) is 1.35. The molecule has 0 aliphatic carbocycles. The number of carbonyl (C=O) groups is 1. The van der Waals surface area contributed by atoms with E-state index in [9.17, 15) is 9.90 Å². The van der Waals surface area contributed by atoms with Gasteiger partial charge in [-0.25, -0.2) is 0 Å². The van der Waals surface area contributed by atoms with Gasteiger partial charge in [-0.2, -0.15) is 0 Å². The average molecular weight is 251 g/mol. The van der Waals surface area contributed by atoms with Crippen LogP contribution in [0.25, 0.3) is 10.9 Å². The summed E-state index contributed by atoms with van der Waals surface area (Å²) in [7, 11) is 0. The summed E-state index contributed by atoms with van der Waals surface area (Å²) < 4.78 is 1.59. The fraction of sp³-hybridized carbons (Fsp3) is 0.0625. The summed E-state index contributed by atoms with van der Waals surface area (Å²) >= 11 is 0. The molecule has 0 fully saturated rings. The Bertz CT molecular complexity index is 716. The van der Waals surface area contributed by atoms with Crippen molar-refractivity contribution < 1.29 is 9.90 Å². The monoisotopic (exact) mass is 251 g/mol. The van der Waals surface area contributed by atoms with Crippen LogP contribution in [0.5, 0.6) is 0 Å². The topological polar surface area (TPSA) is 42.2 Å². The third-order valence-electron chi connectivity index (χ3n) is 3.19. The van der Waals surface area contributed by atoms with E-state index in [2.05, 4.69) is 0 Å². The number of benzene rings is 2. The number of rotatable bonds is 3. The van der Waals surface area contributed by atoms with Crippen molar-refractivity contribution in [3.63, 3.8) is 0 Å². The fourth-order valence-electron chi connectivity index (χ4n) is 2.20. The third kappa shape index (κ3) is 2.04. The van der Waals surface area contributed by atoms with Crippen molar-refractivity contribution in [2.75, 3.05) is 0 Å². The molecular weight excluding hydrogens is 238 g/mol. The highest BCUT2D eigenvalue weighted by Crippen LogP contribution is 2.21. The lowest BCUT2D eigenvalue weighted by Crippen LogP contribution is -2.18. The molecule has 3 heteroatoms. The first kappa shape index (κ1) is 11.7. The number of aromatic nitrogens is 1. The summed E-state index contributed by atoms with van der Waals surface area (Å²) in [6, 6.07) is 18.4. The van der Waals surface area contributed by atoms with Gasteiger partial charge in [0.15, 0.2) is 6.23 Å². The molecule has 0 spiro atoms. The Hall–Kier alpha value is -2.39. The zero-order chi connectivity index (χ0) is 13.2. The van der Waals surface area contributed by atoms with E-state index in [1.807, 2.05) is 36.4 Å². The highest BCUT2D eigenvalue weighted by atomic mass is 16.3. The molecule has 0 amide bonds. The number of hydrogen-bond donors (Lipinski definition) is 1. The molecular formula is C16H13NO2. The van der Waals surface area contributed by atoms with Crippen LogP contribution in [0.1, 0.15) is 16.6 Å². The van der Waals surface area contributed by atoms with Gasteiger partial charge in [-0.3, -0.25) is 4.79 Å². The molecule has 1 atom stereocenters. The van der Waals surface area contributed by atoms with Crippen LogP contribution >= 0.6 is 0 Å². The maximum Gasteiger partial charge on any atom is 0.212 e. The van der Waals surface area contributed by atoms with Crippen molar-refractivity contribution in [3.05, 3.63) is 72.4 Å². The van der Waals surface area contributed by atoms with Crippen molar-refractivity contribution in [1.82, 2.24) is 4.57 Å². The summed E-state index contributed by atoms with van der Waals surface area (Å²) in [5, 5.41) is 11.2. The molecule has 0 aliphatic rings. The van der Waals surface area contributed by atoms with E-state index in [1.165, 1.54) is 0 Å². The van der Waals surface area contributed by atoms with Gasteiger partial charge < -0.3 is 9.67 Å². The average Bonchev–Trinajstić information content (AvgIpc) is 2.90. The molecule has 0 saturated carbocycles. The van der Waals surface area contributed by atoms with Crippen molar-refractivity contribution in [3.8, 4) is 0 Å². The Morgan fingerprint density at radius 3 is 2.42 bits per heavy atom. The maximum atomic E-state index is 12.2. The standard InChI is InChI=1S/C16H13NO2/c18-15(13-7-2-1-3-8-13)16(19)17-11-10-12-6-4-5-9-14(12)17/h1-11,16,19H. The molecule has 0 aliphatic heterocycles. The first-order valence-electron chi connectivity index (χ1n) is 6.10. The molecule has 3 nitrogen and oxygen atoms in total. The molecule has 3 rings (SSSR count). The summed E-state index contributed by atoms with van der Waals surface area (Å²) in [4.78, 5) is 12.2. The molecule has 94 valence electrons. The van der Waals surface area contributed by atoms with E-state index in [1.54, 1.807) is 35.0 Å². The quantitative estimate of drug-likeness (QED) is 0.727. The Labute approximate surface area is 110 Å². The van der Waals surface area contributed by atoms with E-state index in [-0.39, 0.29) is 5.78 Å². The molecule has 1 N–H and O–H groups in total. The van der Waals surface area contributed by atoms with E-state index >= 15 is 0 Å². The minimum atomic E-state index is -1.19. The second kappa shape index (κ2) is 4.71. The SMILES string of the molecule is O=C(c1ccccc1)C(O)n1ccc2ccccc21. The van der Waals surface area contributed by atoms with Crippen molar-refractivity contribution in [1.29, 1.82) is 0 Å². The van der Waals surface area contributed by atoms with Crippen LogP contribution in [0.15, 0.2) is 66.9 Å². The van der Waals surface area contributed by atoms with Crippen LogP contribution < -0.4 is 0 Å². The van der Waals surface area contributed by atoms with Crippen LogP contribution in [0.3, 0.4) is 0 Å². The number of ketones is 1. The second-order valence-electron chi connectivity index (χ2n) is 4.39. The Morgan fingerprint density at radius 1 is 0.947 bits per heavy atom. The van der Waals surface area contributed by atoms with Crippen LogP contribution in [-0.4, -0.2) is 15.5 Å². The molecule has 1 heterocycles. The molecule has 0 bridgehead atoms. The number of Topliss-reactive ketones (excluding diaryl/α,β-unsaturated/α-hetero) is 1. The van der Waals surface area contributed by atoms with E-state index in [0.717, 1.165) is 10.9 Å². The van der Waals surface area contributed by atoms with Gasteiger partial charge in [0.25, 0.3) is 0 Å². The molecule has 19 heavy (non-hydrogen) atoms. The third-order valence-corrected chi connectivity index (χ3v) is 3.19. The molecule has 1 aromatic heterocycles. The second-order valence-corrected chi connectivity index (χ2v) is 4.39. The van der Waals surface area contributed by atoms with Crippen molar-refractivity contribution >= 4 is 16.7 Å². The predicted octanol–water partition coefficient (Wildman–Crippen LogP) is 3.02. The van der Waals surface area contributed by atoms with Gasteiger partial charge in [0.1, 0.15) is 0 Å². The van der Waals surface area contributed by atoms with Crippen molar-refractivity contribution in [2.45, 2.75) is 6.23 Å². The summed E-state index contributed by atoms with van der Waals surface area (Å²) in [6.45, 7) is 0. The highest BCUT2D eigenvalue weighted by Gasteiger charge is 2.19. The van der Waals surface area contributed by atoms with Crippen molar-refractivity contribution in [2.24, 2.45) is 0 Å². The van der Waals surface area contributed by atoms with E-state index in [4.69, 9.17) is 0 Å². The summed E-state index contributed by atoms with van der Waals surface area (Å²) in [6.07, 6.45) is 0.540. The normalized spacial score (nSPS) is 12.5. The number of carbonyl (C=O) groups excluding carboxylic acids is 1. The number of aliphatic hydroxyl groups excluding tert-OH is 1. The molecule has 1 unspecified atom stereocenters. The van der Waals surface area contributed by atoms with E-state index < -0.39 is 6.23 Å².